The lowest BCUT2D eigenvalue weighted by Crippen LogP contribution is -1.60. The normalized spacial score (nSPS) is 9.62. The average molecular weight is 243 g/mol. The third kappa shape index (κ3) is 1.03. The van der Waals surface area contributed by atoms with Gasteiger partial charge >= 0.3 is 0 Å². The highest BCUT2D eigenvalue weighted by molar-refractivity contribution is 14.1. The summed E-state index contributed by atoms with van der Waals surface area (Å²) in [5, 5.41) is 17.2. The molecule has 0 unspecified atom stereocenters. The van der Waals surface area contributed by atoms with Gasteiger partial charge in [-0.2, -0.15) is 4.98 Å². The van der Waals surface area contributed by atoms with Crippen LogP contribution in [0.4, 0.5) is 0 Å². The molecule has 2 N–H and O–H groups in total. The molecule has 0 aromatic carbocycles. The van der Waals surface area contributed by atoms with E-state index < -0.39 is 0 Å². The van der Waals surface area contributed by atoms with E-state index in [1.54, 1.807) is 0 Å². The first kappa shape index (κ1) is 6.09. The van der Waals surface area contributed by atoms with Gasteiger partial charge in [0.1, 0.15) is 2.88 Å². The Hall–Kier alpha value is -0.0400. The van der Waals surface area contributed by atoms with Crippen LogP contribution in [0.3, 0.4) is 0 Å². The van der Waals surface area contributed by atoms with Gasteiger partial charge in [0.2, 0.25) is 5.88 Å². The Bertz CT molecular complexity index is 180. The van der Waals surface area contributed by atoms with Crippen molar-refractivity contribution >= 4 is 33.9 Å². The summed E-state index contributed by atoms with van der Waals surface area (Å²) in [7, 11) is 0. The third-order valence-electron chi connectivity index (χ3n) is 0.558. The second-order valence-electron chi connectivity index (χ2n) is 1.09. The van der Waals surface area contributed by atoms with Gasteiger partial charge in [-0.25, -0.2) is 0 Å². The number of hydrogen-bond donors (Lipinski definition) is 2. The van der Waals surface area contributed by atoms with Crippen LogP contribution in [0.15, 0.2) is 0 Å². The van der Waals surface area contributed by atoms with Crippen LogP contribution in [0.1, 0.15) is 0 Å². The van der Waals surface area contributed by atoms with Crippen LogP contribution >= 0.6 is 33.9 Å². The summed E-state index contributed by atoms with van der Waals surface area (Å²) in [6.45, 7) is 0. The van der Waals surface area contributed by atoms with Crippen LogP contribution in [0.25, 0.3) is 0 Å². The second kappa shape index (κ2) is 2.06. The predicted molar refractivity (Wildman–Crippen MR) is 38.2 cm³/mol. The fraction of sp³-hybridized carbons (Fsp3) is 0. The molecule has 0 bridgehead atoms. The van der Waals surface area contributed by atoms with Crippen molar-refractivity contribution in [3.63, 3.8) is 0 Å². The molecule has 3 nitrogen and oxygen atoms in total. The summed E-state index contributed by atoms with van der Waals surface area (Å²) >= 11 is 2.94. The van der Waals surface area contributed by atoms with Gasteiger partial charge in [0.15, 0.2) is 0 Å². The monoisotopic (exact) mass is 243 g/mol. The van der Waals surface area contributed by atoms with Crippen LogP contribution in [-0.4, -0.2) is 15.2 Å². The number of aromatic nitrogens is 1. The highest BCUT2D eigenvalue weighted by Gasteiger charge is 2.03. The lowest BCUT2D eigenvalue weighted by Gasteiger charge is -1.74. The molecule has 8 heavy (non-hydrogen) atoms. The molecule has 0 atom stereocenters. The molecule has 1 aromatic rings. The fourth-order valence-electron chi connectivity index (χ4n) is 0.283. The highest BCUT2D eigenvalue weighted by atomic mass is 127. The van der Waals surface area contributed by atoms with Crippen molar-refractivity contribution < 1.29 is 10.2 Å². The summed E-state index contributed by atoms with van der Waals surface area (Å²) < 4.78 is 0.611. The standard InChI is InChI=1S/C3H2INO2S/c4-1-2(6)5-3(7)8-1/h6H,(H,5,7). The lowest BCUT2D eigenvalue weighted by molar-refractivity contribution is 0.427. The van der Waals surface area contributed by atoms with E-state index in [1.165, 1.54) is 0 Å². The molecular formula is C3H2INO2S. The number of hydrogen-bond acceptors (Lipinski definition) is 4. The largest absolute Gasteiger partial charge is 0.492 e. The van der Waals surface area contributed by atoms with E-state index >= 15 is 0 Å². The van der Waals surface area contributed by atoms with E-state index in [1.807, 2.05) is 22.6 Å². The van der Waals surface area contributed by atoms with E-state index in [0.717, 1.165) is 11.3 Å². The SMILES string of the molecule is Oc1nc(O)c(I)s1. The van der Waals surface area contributed by atoms with Crippen molar-refractivity contribution in [2.45, 2.75) is 0 Å². The Labute approximate surface area is 63.1 Å². The molecule has 0 amide bonds. The molecule has 0 aliphatic heterocycles. The van der Waals surface area contributed by atoms with Crippen LogP contribution in [-0.2, 0) is 0 Å². The highest BCUT2D eigenvalue weighted by Crippen LogP contribution is 2.29. The molecule has 0 spiro atoms. The van der Waals surface area contributed by atoms with Crippen molar-refractivity contribution in [1.29, 1.82) is 0 Å². The Morgan fingerprint density at radius 1 is 1.50 bits per heavy atom. The minimum atomic E-state index is -0.0908. The Balaban J connectivity index is 3.14. The van der Waals surface area contributed by atoms with E-state index in [-0.39, 0.29) is 11.1 Å². The molecule has 0 saturated carbocycles. The number of halogens is 1. The zero-order valence-corrected chi connectivity index (χ0v) is 6.60. The molecule has 0 fully saturated rings. The number of thiazole rings is 1. The predicted octanol–water partition coefficient (Wildman–Crippen LogP) is 1.16. The van der Waals surface area contributed by atoms with Gasteiger partial charge in [0.05, 0.1) is 0 Å². The topological polar surface area (TPSA) is 53.4 Å². The molecule has 0 aliphatic rings. The van der Waals surface area contributed by atoms with E-state index in [2.05, 4.69) is 4.98 Å². The molecule has 44 valence electrons. The van der Waals surface area contributed by atoms with E-state index in [4.69, 9.17) is 10.2 Å². The summed E-state index contributed by atoms with van der Waals surface area (Å²) in [6, 6.07) is 0. The zero-order valence-electron chi connectivity index (χ0n) is 3.63. The first-order chi connectivity index (χ1) is 3.70. The summed E-state index contributed by atoms with van der Waals surface area (Å²) in [5.41, 5.74) is 0. The first-order valence-electron chi connectivity index (χ1n) is 1.74. The quantitative estimate of drug-likeness (QED) is 0.672. The first-order valence-corrected chi connectivity index (χ1v) is 3.64. The smallest absolute Gasteiger partial charge is 0.275 e. The summed E-state index contributed by atoms with van der Waals surface area (Å²) in [6.07, 6.45) is 0. The van der Waals surface area contributed by atoms with Crippen molar-refractivity contribution in [1.82, 2.24) is 4.98 Å². The van der Waals surface area contributed by atoms with Gasteiger partial charge in [-0.3, -0.25) is 0 Å². The Morgan fingerprint density at radius 2 is 2.12 bits per heavy atom. The van der Waals surface area contributed by atoms with Crippen LogP contribution in [0.2, 0.25) is 0 Å². The van der Waals surface area contributed by atoms with Gasteiger partial charge in [-0.1, -0.05) is 11.3 Å². The summed E-state index contributed by atoms with van der Waals surface area (Å²) in [4.78, 5) is 3.33. The van der Waals surface area contributed by atoms with Crippen molar-refractivity contribution in [2.75, 3.05) is 0 Å². The number of rotatable bonds is 0. The maximum atomic E-state index is 8.67. The molecule has 0 aliphatic carbocycles. The van der Waals surface area contributed by atoms with E-state index in [0.29, 0.717) is 2.88 Å². The lowest BCUT2D eigenvalue weighted by atomic mass is 10.9. The molecule has 1 rings (SSSR count). The number of aromatic hydroxyl groups is 2. The maximum Gasteiger partial charge on any atom is 0.275 e. The third-order valence-corrected chi connectivity index (χ3v) is 2.34. The molecule has 0 saturated heterocycles. The Kier molecular flexibility index (Phi) is 1.57. The van der Waals surface area contributed by atoms with Gasteiger partial charge in [0, 0.05) is 0 Å². The molecule has 5 heteroatoms. The van der Waals surface area contributed by atoms with Crippen molar-refractivity contribution in [2.24, 2.45) is 0 Å². The minimum Gasteiger partial charge on any atom is -0.492 e. The van der Waals surface area contributed by atoms with Gasteiger partial charge < -0.3 is 10.2 Å². The maximum absolute atomic E-state index is 8.67. The Morgan fingerprint density at radius 3 is 2.25 bits per heavy atom. The van der Waals surface area contributed by atoms with Crippen LogP contribution in [0.5, 0.6) is 11.1 Å². The van der Waals surface area contributed by atoms with Crippen molar-refractivity contribution in [3.05, 3.63) is 2.88 Å². The van der Waals surface area contributed by atoms with Crippen molar-refractivity contribution in [3.8, 4) is 11.1 Å². The molecule has 1 aromatic heterocycles. The second-order valence-corrected chi connectivity index (χ2v) is 3.88. The molecule has 0 radical (unpaired) electrons. The molecular weight excluding hydrogens is 241 g/mol. The van der Waals surface area contributed by atoms with Crippen LogP contribution in [0, 0.1) is 2.88 Å². The minimum absolute atomic E-state index is 0.0897. The number of nitrogens with zero attached hydrogens (tertiary/aromatic N) is 1. The van der Waals surface area contributed by atoms with Gasteiger partial charge in [-0.15, -0.1) is 0 Å². The fourth-order valence-corrected chi connectivity index (χ4v) is 1.42. The van der Waals surface area contributed by atoms with Crippen LogP contribution < -0.4 is 0 Å². The average Bonchev–Trinajstić information content (AvgIpc) is 1.85. The van der Waals surface area contributed by atoms with E-state index in [9.17, 15) is 0 Å². The zero-order chi connectivity index (χ0) is 6.15. The summed E-state index contributed by atoms with van der Waals surface area (Å²) in [5.74, 6) is -0.0897. The molecule has 1 heterocycles. The van der Waals surface area contributed by atoms with Gasteiger partial charge in [-0.05, 0) is 22.6 Å². The van der Waals surface area contributed by atoms with Gasteiger partial charge in [0.25, 0.3) is 5.19 Å².